The van der Waals surface area contributed by atoms with Crippen LogP contribution in [0.4, 0.5) is 0 Å². The highest BCUT2D eigenvalue weighted by molar-refractivity contribution is 5.74. The molecule has 0 aromatic heterocycles. The zero-order valence-corrected chi connectivity index (χ0v) is 11.1. The molecule has 0 aliphatic rings. The maximum Gasteiger partial charge on any atom is 0.346 e. The lowest BCUT2D eigenvalue weighted by Gasteiger charge is -2.19. The Labute approximate surface area is 103 Å². The van der Waals surface area contributed by atoms with Gasteiger partial charge in [-0.1, -0.05) is 32.9 Å². The van der Waals surface area contributed by atoms with E-state index < -0.39 is 6.10 Å². The number of carbonyl (C=O) groups is 1. The first-order valence-electron chi connectivity index (χ1n) is 5.69. The molecule has 3 nitrogen and oxygen atoms in total. The lowest BCUT2D eigenvalue weighted by molar-refractivity contribution is -0.147. The number of benzene rings is 1. The molecule has 0 unspecified atom stereocenters. The van der Waals surface area contributed by atoms with E-state index in [0.29, 0.717) is 5.75 Å². The van der Waals surface area contributed by atoms with Crippen molar-refractivity contribution < 1.29 is 14.3 Å². The lowest BCUT2D eigenvalue weighted by Crippen LogP contribution is -2.24. The normalized spacial score (nSPS) is 13.0. The van der Waals surface area contributed by atoms with Crippen molar-refractivity contribution in [3.8, 4) is 5.75 Å². The highest BCUT2D eigenvalue weighted by atomic mass is 16.6. The predicted octanol–water partition coefficient (Wildman–Crippen LogP) is 2.92. The van der Waals surface area contributed by atoms with Crippen LogP contribution in [0.15, 0.2) is 24.3 Å². The number of rotatable bonds is 3. The van der Waals surface area contributed by atoms with E-state index in [1.807, 2.05) is 24.3 Å². The second-order valence-corrected chi connectivity index (χ2v) is 5.06. The molecule has 0 heterocycles. The molecule has 1 aromatic carbocycles. The summed E-state index contributed by atoms with van der Waals surface area (Å²) in [6, 6.07) is 7.78. The Bertz CT molecular complexity index is 373. The van der Waals surface area contributed by atoms with Crippen LogP contribution in [0.5, 0.6) is 5.75 Å². The molecular weight excluding hydrogens is 216 g/mol. The van der Waals surface area contributed by atoms with Gasteiger partial charge in [0.2, 0.25) is 0 Å². The van der Waals surface area contributed by atoms with E-state index in [0.717, 1.165) is 0 Å². The summed E-state index contributed by atoms with van der Waals surface area (Å²) in [5.41, 5.74) is 1.35. The van der Waals surface area contributed by atoms with Crippen molar-refractivity contribution in [1.29, 1.82) is 0 Å². The summed E-state index contributed by atoms with van der Waals surface area (Å²) in [6.45, 7) is 8.13. The number of carbonyl (C=O) groups excluding carboxylic acids is 1. The van der Waals surface area contributed by atoms with Gasteiger partial charge in [-0.25, -0.2) is 4.79 Å². The average Bonchev–Trinajstić information content (AvgIpc) is 2.27. The van der Waals surface area contributed by atoms with Gasteiger partial charge < -0.3 is 9.47 Å². The third kappa shape index (κ3) is 3.77. The quantitative estimate of drug-likeness (QED) is 0.757. The van der Waals surface area contributed by atoms with Crippen molar-refractivity contribution in [2.45, 2.75) is 39.2 Å². The summed E-state index contributed by atoms with van der Waals surface area (Å²) < 4.78 is 10.1. The van der Waals surface area contributed by atoms with Crippen LogP contribution in [0.3, 0.4) is 0 Å². The van der Waals surface area contributed by atoms with Crippen molar-refractivity contribution in [3.05, 3.63) is 29.8 Å². The Kier molecular flexibility index (Phi) is 4.16. The summed E-state index contributed by atoms with van der Waals surface area (Å²) in [5.74, 6) is 0.306. The molecule has 1 atom stereocenters. The van der Waals surface area contributed by atoms with Crippen LogP contribution < -0.4 is 4.74 Å². The van der Waals surface area contributed by atoms with Crippen molar-refractivity contribution in [2.75, 3.05) is 7.11 Å². The van der Waals surface area contributed by atoms with Gasteiger partial charge in [-0.2, -0.15) is 0 Å². The lowest BCUT2D eigenvalue weighted by atomic mass is 9.87. The van der Waals surface area contributed by atoms with Crippen molar-refractivity contribution in [3.63, 3.8) is 0 Å². The van der Waals surface area contributed by atoms with E-state index in [1.54, 1.807) is 6.92 Å². The average molecular weight is 236 g/mol. The number of ether oxygens (including phenoxy) is 2. The molecule has 0 aliphatic carbocycles. The fraction of sp³-hybridized carbons (Fsp3) is 0.500. The van der Waals surface area contributed by atoms with Gasteiger partial charge in [0.25, 0.3) is 0 Å². The van der Waals surface area contributed by atoms with Crippen LogP contribution in [0.1, 0.15) is 33.3 Å². The molecular formula is C14H20O3. The molecule has 0 saturated carbocycles. The van der Waals surface area contributed by atoms with Crippen LogP contribution in [-0.2, 0) is 14.9 Å². The van der Waals surface area contributed by atoms with Gasteiger partial charge in [-0.3, -0.25) is 0 Å². The number of hydrogen-bond donors (Lipinski definition) is 0. The van der Waals surface area contributed by atoms with E-state index in [2.05, 4.69) is 25.5 Å². The molecule has 3 heteroatoms. The summed E-state index contributed by atoms with van der Waals surface area (Å²) >= 11 is 0. The first-order chi connectivity index (χ1) is 7.84. The second-order valence-electron chi connectivity index (χ2n) is 5.06. The minimum Gasteiger partial charge on any atom is -0.479 e. The Morgan fingerprint density at radius 3 is 2.12 bits per heavy atom. The molecule has 1 aromatic rings. The van der Waals surface area contributed by atoms with Gasteiger partial charge in [0.15, 0.2) is 6.10 Å². The largest absolute Gasteiger partial charge is 0.479 e. The fourth-order valence-corrected chi connectivity index (χ4v) is 1.45. The summed E-state index contributed by atoms with van der Waals surface area (Å²) in [4.78, 5) is 11.2. The summed E-state index contributed by atoms with van der Waals surface area (Å²) in [7, 11) is 1.35. The van der Waals surface area contributed by atoms with Gasteiger partial charge in [0.05, 0.1) is 7.11 Å². The number of esters is 1. The monoisotopic (exact) mass is 236 g/mol. The van der Waals surface area contributed by atoms with E-state index in [1.165, 1.54) is 12.7 Å². The Balaban J connectivity index is 2.72. The fourth-order valence-electron chi connectivity index (χ4n) is 1.45. The van der Waals surface area contributed by atoms with Gasteiger partial charge in [-0.05, 0) is 30.0 Å². The molecule has 17 heavy (non-hydrogen) atoms. The van der Waals surface area contributed by atoms with E-state index in [9.17, 15) is 4.79 Å². The zero-order chi connectivity index (χ0) is 13.1. The smallest absolute Gasteiger partial charge is 0.346 e. The maximum atomic E-state index is 11.2. The molecule has 0 radical (unpaired) electrons. The van der Waals surface area contributed by atoms with Crippen molar-refractivity contribution in [2.24, 2.45) is 0 Å². The Morgan fingerprint density at radius 2 is 1.71 bits per heavy atom. The molecule has 0 saturated heterocycles. The van der Waals surface area contributed by atoms with Crippen LogP contribution in [0.25, 0.3) is 0 Å². The molecule has 0 fully saturated rings. The predicted molar refractivity (Wildman–Crippen MR) is 67.2 cm³/mol. The second kappa shape index (κ2) is 5.21. The zero-order valence-electron chi connectivity index (χ0n) is 11.1. The Morgan fingerprint density at radius 1 is 1.18 bits per heavy atom. The van der Waals surface area contributed by atoms with Crippen LogP contribution >= 0.6 is 0 Å². The third-order valence-electron chi connectivity index (χ3n) is 2.57. The topological polar surface area (TPSA) is 35.5 Å². The van der Waals surface area contributed by atoms with E-state index in [4.69, 9.17) is 4.74 Å². The molecule has 0 spiro atoms. The van der Waals surface area contributed by atoms with Gasteiger partial charge >= 0.3 is 5.97 Å². The molecule has 94 valence electrons. The SMILES string of the molecule is COC(=O)[C@H](C)Oc1ccc(C(C)(C)C)cc1. The summed E-state index contributed by atoms with van der Waals surface area (Å²) in [5, 5.41) is 0. The highest BCUT2D eigenvalue weighted by Gasteiger charge is 2.16. The summed E-state index contributed by atoms with van der Waals surface area (Å²) in [6.07, 6.45) is -0.583. The van der Waals surface area contributed by atoms with Crippen molar-refractivity contribution >= 4 is 5.97 Å². The van der Waals surface area contributed by atoms with Crippen molar-refractivity contribution in [1.82, 2.24) is 0 Å². The third-order valence-corrected chi connectivity index (χ3v) is 2.57. The van der Waals surface area contributed by atoms with Crippen LogP contribution in [-0.4, -0.2) is 19.2 Å². The first kappa shape index (κ1) is 13.6. The Hall–Kier alpha value is -1.51. The van der Waals surface area contributed by atoms with Gasteiger partial charge in [0, 0.05) is 0 Å². The number of methoxy groups -OCH3 is 1. The maximum absolute atomic E-state index is 11.2. The van der Waals surface area contributed by atoms with Gasteiger partial charge in [-0.15, -0.1) is 0 Å². The highest BCUT2D eigenvalue weighted by Crippen LogP contribution is 2.24. The van der Waals surface area contributed by atoms with Gasteiger partial charge in [0.1, 0.15) is 5.75 Å². The molecule has 0 amide bonds. The molecule has 1 rings (SSSR count). The molecule has 0 aliphatic heterocycles. The molecule has 0 bridgehead atoms. The standard InChI is InChI=1S/C14H20O3/c1-10(13(15)16-5)17-12-8-6-11(7-9-12)14(2,3)4/h6-10H,1-5H3/t10-/m0/s1. The first-order valence-corrected chi connectivity index (χ1v) is 5.69. The van der Waals surface area contributed by atoms with E-state index >= 15 is 0 Å². The number of hydrogen-bond acceptors (Lipinski definition) is 3. The minimum atomic E-state index is -0.583. The molecule has 0 N–H and O–H groups in total. The van der Waals surface area contributed by atoms with Crippen LogP contribution in [0.2, 0.25) is 0 Å². The van der Waals surface area contributed by atoms with Crippen LogP contribution in [0, 0.1) is 0 Å². The minimum absolute atomic E-state index is 0.118. The van der Waals surface area contributed by atoms with E-state index in [-0.39, 0.29) is 11.4 Å².